The zero-order valence-corrected chi connectivity index (χ0v) is 12.4. The second kappa shape index (κ2) is 6.45. The molecule has 0 bridgehead atoms. The lowest BCUT2D eigenvalue weighted by molar-refractivity contribution is -0.390. The number of nitro groups is 1. The van der Waals surface area contributed by atoms with Crippen molar-refractivity contribution in [2.75, 3.05) is 0 Å². The van der Waals surface area contributed by atoms with Gasteiger partial charge in [0, 0.05) is 10.6 Å². The van der Waals surface area contributed by atoms with E-state index in [0.29, 0.717) is 10.8 Å². The minimum Gasteiger partial charge on any atom is -0.476 e. The Morgan fingerprint density at radius 3 is 2.91 bits per heavy atom. The van der Waals surface area contributed by atoms with Crippen molar-refractivity contribution < 1.29 is 14.1 Å². The molecule has 0 spiro atoms. The topological polar surface area (TPSA) is 91.3 Å². The summed E-state index contributed by atoms with van der Waals surface area (Å²) < 4.78 is 10.9. The first-order chi connectivity index (χ1) is 11.1. The summed E-state index contributed by atoms with van der Waals surface area (Å²) in [5, 5.41) is 11.5. The van der Waals surface area contributed by atoms with E-state index < -0.39 is 4.92 Å². The average Bonchev–Trinajstić information content (AvgIpc) is 3.02. The summed E-state index contributed by atoms with van der Waals surface area (Å²) in [6.45, 7) is -0.0485. The minimum absolute atomic E-state index is 0.0485. The molecule has 0 aliphatic rings. The van der Waals surface area contributed by atoms with Gasteiger partial charge in [-0.3, -0.25) is 0 Å². The van der Waals surface area contributed by atoms with E-state index in [1.807, 2.05) is 6.07 Å². The van der Waals surface area contributed by atoms with Gasteiger partial charge in [0.15, 0.2) is 12.4 Å². The van der Waals surface area contributed by atoms with Gasteiger partial charge in [-0.2, -0.15) is 0 Å². The number of oxazole rings is 1. The highest BCUT2D eigenvalue weighted by Gasteiger charge is 2.16. The molecule has 0 atom stereocenters. The zero-order chi connectivity index (χ0) is 16.2. The number of hydrogen-bond donors (Lipinski definition) is 0. The molecular weight excluding hydrogens is 322 g/mol. The summed E-state index contributed by atoms with van der Waals surface area (Å²) in [5.41, 5.74) is 0.781. The standard InChI is InChI=1S/C15H10ClN3O4/c16-11-4-1-3-10(7-11)13-8-18-14(23-13)9-22-12-5-2-6-17-15(12)19(20)21/h1-8H,9H2. The number of hydrogen-bond acceptors (Lipinski definition) is 6. The van der Waals surface area contributed by atoms with E-state index in [1.54, 1.807) is 30.5 Å². The van der Waals surface area contributed by atoms with E-state index in [-0.39, 0.29) is 24.1 Å². The van der Waals surface area contributed by atoms with Crippen LogP contribution in [0.3, 0.4) is 0 Å². The van der Waals surface area contributed by atoms with Crippen LogP contribution in [0.5, 0.6) is 5.75 Å². The average molecular weight is 332 g/mol. The molecule has 116 valence electrons. The predicted octanol–water partition coefficient (Wildman–Crippen LogP) is 3.88. The fourth-order valence-corrected chi connectivity index (χ4v) is 2.11. The van der Waals surface area contributed by atoms with E-state index >= 15 is 0 Å². The number of benzene rings is 1. The van der Waals surface area contributed by atoms with Crippen molar-refractivity contribution in [2.45, 2.75) is 6.61 Å². The van der Waals surface area contributed by atoms with Crippen LogP contribution in [0, 0.1) is 10.1 Å². The van der Waals surface area contributed by atoms with Gasteiger partial charge in [-0.25, -0.2) is 4.98 Å². The van der Waals surface area contributed by atoms with E-state index in [4.69, 9.17) is 20.8 Å². The van der Waals surface area contributed by atoms with Gasteiger partial charge in [0.1, 0.15) is 6.20 Å². The van der Waals surface area contributed by atoms with Crippen molar-refractivity contribution in [3.63, 3.8) is 0 Å². The van der Waals surface area contributed by atoms with Crippen LogP contribution in [0.2, 0.25) is 5.02 Å². The number of aromatic nitrogens is 2. The molecule has 0 fully saturated rings. The van der Waals surface area contributed by atoms with Gasteiger partial charge in [0.2, 0.25) is 11.6 Å². The van der Waals surface area contributed by atoms with E-state index in [1.165, 1.54) is 12.3 Å². The molecule has 0 amide bonds. The first-order valence-corrected chi connectivity index (χ1v) is 6.94. The summed E-state index contributed by atoms with van der Waals surface area (Å²) in [6.07, 6.45) is 2.87. The molecule has 23 heavy (non-hydrogen) atoms. The molecule has 3 rings (SSSR count). The summed E-state index contributed by atoms with van der Waals surface area (Å²) in [7, 11) is 0. The molecule has 0 N–H and O–H groups in total. The molecule has 2 aromatic heterocycles. The van der Waals surface area contributed by atoms with E-state index in [2.05, 4.69) is 9.97 Å². The van der Waals surface area contributed by atoms with Crippen LogP contribution in [0.15, 0.2) is 53.2 Å². The molecule has 8 heteroatoms. The molecule has 1 aromatic carbocycles. The molecule has 0 unspecified atom stereocenters. The van der Waals surface area contributed by atoms with Gasteiger partial charge in [-0.1, -0.05) is 23.7 Å². The molecule has 0 aliphatic heterocycles. The van der Waals surface area contributed by atoms with Crippen LogP contribution in [0.25, 0.3) is 11.3 Å². The second-order valence-electron chi connectivity index (χ2n) is 4.50. The molecule has 2 heterocycles. The van der Waals surface area contributed by atoms with Crippen LogP contribution in [0.4, 0.5) is 5.82 Å². The van der Waals surface area contributed by atoms with Crippen molar-refractivity contribution in [3.8, 4) is 17.1 Å². The number of ether oxygens (including phenoxy) is 1. The van der Waals surface area contributed by atoms with Gasteiger partial charge in [0.05, 0.1) is 6.20 Å². The van der Waals surface area contributed by atoms with Crippen molar-refractivity contribution in [2.24, 2.45) is 0 Å². The highest BCUT2D eigenvalue weighted by Crippen LogP contribution is 2.26. The Labute approximate surface area is 135 Å². The third kappa shape index (κ3) is 3.46. The molecular formula is C15H10ClN3O4. The monoisotopic (exact) mass is 331 g/mol. The Morgan fingerprint density at radius 1 is 1.26 bits per heavy atom. The third-order valence-corrected chi connectivity index (χ3v) is 3.17. The maximum atomic E-state index is 10.9. The van der Waals surface area contributed by atoms with Crippen LogP contribution in [-0.2, 0) is 6.61 Å². The summed E-state index contributed by atoms with van der Waals surface area (Å²) in [5.74, 6) is 0.527. The summed E-state index contributed by atoms with van der Waals surface area (Å²) in [6, 6.07) is 10.2. The molecule has 0 saturated carbocycles. The number of rotatable bonds is 5. The van der Waals surface area contributed by atoms with Crippen molar-refractivity contribution >= 4 is 17.4 Å². The van der Waals surface area contributed by atoms with Crippen LogP contribution < -0.4 is 4.74 Å². The highest BCUT2D eigenvalue weighted by molar-refractivity contribution is 6.30. The lowest BCUT2D eigenvalue weighted by Crippen LogP contribution is -2.00. The van der Waals surface area contributed by atoms with Crippen molar-refractivity contribution in [1.82, 2.24) is 9.97 Å². The fourth-order valence-electron chi connectivity index (χ4n) is 1.92. The SMILES string of the molecule is O=[N+]([O-])c1ncccc1OCc1ncc(-c2cccc(Cl)c2)o1. The Kier molecular flexibility index (Phi) is 4.20. The van der Waals surface area contributed by atoms with Gasteiger partial charge in [-0.05, 0) is 34.2 Å². The normalized spacial score (nSPS) is 10.5. The Morgan fingerprint density at radius 2 is 2.13 bits per heavy atom. The third-order valence-electron chi connectivity index (χ3n) is 2.94. The summed E-state index contributed by atoms with van der Waals surface area (Å²) in [4.78, 5) is 18.0. The minimum atomic E-state index is -0.609. The van der Waals surface area contributed by atoms with Gasteiger partial charge in [0.25, 0.3) is 0 Å². The molecule has 0 saturated heterocycles. The lowest BCUT2D eigenvalue weighted by atomic mass is 10.2. The maximum absolute atomic E-state index is 10.9. The van der Waals surface area contributed by atoms with E-state index in [0.717, 1.165) is 5.56 Å². The zero-order valence-electron chi connectivity index (χ0n) is 11.7. The molecule has 3 aromatic rings. The van der Waals surface area contributed by atoms with Crippen LogP contribution >= 0.6 is 11.6 Å². The Hall–Kier alpha value is -2.93. The smallest absolute Gasteiger partial charge is 0.406 e. The van der Waals surface area contributed by atoms with Crippen molar-refractivity contribution in [3.05, 3.63) is 69.8 Å². The largest absolute Gasteiger partial charge is 0.476 e. The van der Waals surface area contributed by atoms with E-state index in [9.17, 15) is 10.1 Å². The van der Waals surface area contributed by atoms with Crippen LogP contribution in [0.1, 0.15) is 5.89 Å². The fraction of sp³-hybridized carbons (Fsp3) is 0.0667. The first-order valence-electron chi connectivity index (χ1n) is 6.56. The number of nitrogens with zero attached hydrogens (tertiary/aromatic N) is 3. The molecule has 7 nitrogen and oxygen atoms in total. The second-order valence-corrected chi connectivity index (χ2v) is 4.94. The predicted molar refractivity (Wildman–Crippen MR) is 82.2 cm³/mol. The van der Waals surface area contributed by atoms with Crippen molar-refractivity contribution in [1.29, 1.82) is 0 Å². The lowest BCUT2D eigenvalue weighted by Gasteiger charge is -2.03. The van der Waals surface area contributed by atoms with Gasteiger partial charge >= 0.3 is 5.82 Å². The van der Waals surface area contributed by atoms with Gasteiger partial charge < -0.3 is 19.3 Å². The number of halogens is 1. The Bertz CT molecular complexity index is 850. The Balaban J connectivity index is 1.74. The highest BCUT2D eigenvalue weighted by atomic mass is 35.5. The first kappa shape index (κ1) is 15.0. The maximum Gasteiger partial charge on any atom is 0.406 e. The summed E-state index contributed by atoms with van der Waals surface area (Å²) >= 11 is 5.93. The van der Waals surface area contributed by atoms with Crippen LogP contribution in [-0.4, -0.2) is 14.9 Å². The quantitative estimate of drug-likeness (QED) is 0.520. The molecule has 0 aliphatic carbocycles. The number of pyridine rings is 1. The van der Waals surface area contributed by atoms with Gasteiger partial charge in [-0.15, -0.1) is 0 Å². The molecule has 0 radical (unpaired) electrons.